The number of imide groups is 2. The van der Waals surface area contributed by atoms with E-state index in [2.05, 4.69) is 52.2 Å². The molecule has 59 heavy (non-hydrogen) atoms. The number of rotatable bonds is 18. The topological polar surface area (TPSA) is 261 Å². The lowest BCUT2D eigenvalue weighted by Crippen LogP contribution is -2.54. The van der Waals surface area contributed by atoms with Gasteiger partial charge in [-0.3, -0.25) is 48.5 Å². The first-order valence-corrected chi connectivity index (χ1v) is 19.0. The predicted octanol–water partition coefficient (Wildman–Crippen LogP) is 2.29. The summed E-state index contributed by atoms with van der Waals surface area (Å²) < 4.78 is 7.23. The standard InChI is InChI=1S/C39H44N12O8/c1-40-37(56)33-26(44-25-14-10-12-23(34(25)59-3)35-43-21-50(2)49-35)19-28(47-48-33)45-31(54)20-42-29(52)15-7-5-4-6-8-18-41-24-13-9-11-22-32(24)39(58)51(38(22)57)27-16-17-30(53)46-36(27)55/h9-14,19,21,27,41H,4-8,15-18,20H2,1-3H3,(H,40,56)(H,42,52)(H,46,53,55)(H2,44,45,47,54). The number of aryl methyl sites for hydroxylation is 1. The number of nitrogens with one attached hydrogen (secondary N) is 6. The molecule has 20 heteroatoms. The molecular formula is C39H44N12O8. The van der Waals surface area contributed by atoms with Gasteiger partial charge in [-0.05, 0) is 43.5 Å². The Morgan fingerprint density at radius 2 is 1.64 bits per heavy atom. The van der Waals surface area contributed by atoms with Gasteiger partial charge in [-0.1, -0.05) is 31.4 Å². The Morgan fingerprint density at radius 3 is 2.37 bits per heavy atom. The van der Waals surface area contributed by atoms with Crippen LogP contribution in [0.2, 0.25) is 0 Å². The largest absolute Gasteiger partial charge is 0.494 e. The fraction of sp³-hybridized carbons (Fsp3) is 0.359. The smallest absolute Gasteiger partial charge is 0.273 e. The molecule has 0 spiro atoms. The van der Waals surface area contributed by atoms with Crippen LogP contribution in [0.1, 0.15) is 82.6 Å². The number of hydrogen-bond donors (Lipinski definition) is 6. The molecule has 4 heterocycles. The Morgan fingerprint density at radius 1 is 0.898 bits per heavy atom. The number of ether oxygens (including phenoxy) is 1. The first kappa shape index (κ1) is 41.4. The average molecular weight is 809 g/mol. The van der Waals surface area contributed by atoms with Gasteiger partial charge in [0.15, 0.2) is 23.1 Å². The van der Waals surface area contributed by atoms with Gasteiger partial charge in [0.05, 0.1) is 41.7 Å². The van der Waals surface area contributed by atoms with Gasteiger partial charge in [-0.25, -0.2) is 4.98 Å². The molecule has 20 nitrogen and oxygen atoms in total. The molecule has 0 radical (unpaired) electrons. The maximum atomic E-state index is 13.3. The molecule has 1 unspecified atom stereocenters. The third kappa shape index (κ3) is 9.66. The number of nitrogens with zero attached hydrogens (tertiary/aromatic N) is 6. The molecule has 2 aromatic carbocycles. The molecule has 0 aliphatic carbocycles. The van der Waals surface area contributed by atoms with Crippen molar-refractivity contribution < 1.29 is 38.3 Å². The van der Waals surface area contributed by atoms with Gasteiger partial charge in [0.2, 0.25) is 23.6 Å². The van der Waals surface area contributed by atoms with E-state index in [4.69, 9.17) is 4.74 Å². The van der Waals surface area contributed by atoms with Crippen LogP contribution in [0.5, 0.6) is 5.75 Å². The Kier molecular flexibility index (Phi) is 13.2. The van der Waals surface area contributed by atoms with Crippen molar-refractivity contribution in [2.45, 2.75) is 57.4 Å². The van der Waals surface area contributed by atoms with Crippen LogP contribution >= 0.6 is 0 Å². The minimum absolute atomic E-state index is 0.0351. The summed E-state index contributed by atoms with van der Waals surface area (Å²) in [5, 5.41) is 28.6. The Hall–Kier alpha value is -7.25. The van der Waals surface area contributed by atoms with E-state index < -0.39 is 41.5 Å². The highest BCUT2D eigenvalue weighted by Crippen LogP contribution is 2.37. The summed E-state index contributed by atoms with van der Waals surface area (Å²) in [4.78, 5) is 93.4. The van der Waals surface area contributed by atoms with Crippen LogP contribution < -0.4 is 36.6 Å². The van der Waals surface area contributed by atoms with Crippen LogP contribution in [0.3, 0.4) is 0 Å². The summed E-state index contributed by atoms with van der Waals surface area (Å²) in [5.41, 5.74) is 2.21. The fourth-order valence-corrected chi connectivity index (χ4v) is 6.75. The zero-order valence-electron chi connectivity index (χ0n) is 32.7. The van der Waals surface area contributed by atoms with E-state index in [0.29, 0.717) is 41.5 Å². The summed E-state index contributed by atoms with van der Waals surface area (Å²) in [6.07, 6.45) is 5.78. The fourth-order valence-electron chi connectivity index (χ4n) is 6.75. The number of piperidine rings is 1. The number of benzene rings is 2. The zero-order valence-corrected chi connectivity index (χ0v) is 32.7. The van der Waals surface area contributed by atoms with Gasteiger partial charge in [0.1, 0.15) is 12.4 Å². The second kappa shape index (κ2) is 18.8. The molecule has 1 fully saturated rings. The zero-order chi connectivity index (χ0) is 42.1. The molecule has 1 atom stereocenters. The van der Waals surface area contributed by atoms with Gasteiger partial charge in [-0.15, -0.1) is 10.2 Å². The quantitative estimate of drug-likeness (QED) is 0.0623. The molecule has 0 saturated carbocycles. The first-order valence-electron chi connectivity index (χ1n) is 19.0. The summed E-state index contributed by atoms with van der Waals surface area (Å²) in [7, 11) is 4.69. The highest BCUT2D eigenvalue weighted by molar-refractivity contribution is 6.25. The summed E-state index contributed by atoms with van der Waals surface area (Å²) >= 11 is 0. The van der Waals surface area contributed by atoms with E-state index in [1.807, 2.05) is 0 Å². The van der Waals surface area contributed by atoms with Crippen molar-refractivity contribution in [3.05, 3.63) is 65.6 Å². The lowest BCUT2D eigenvalue weighted by atomic mass is 10.0. The molecule has 4 aromatic rings. The molecule has 2 aliphatic heterocycles. The number of carbonyl (C=O) groups is 7. The van der Waals surface area contributed by atoms with Crippen LogP contribution in [-0.4, -0.2) is 105 Å². The Bertz CT molecular complexity index is 2290. The molecule has 0 bridgehead atoms. The highest BCUT2D eigenvalue weighted by atomic mass is 16.5. The molecule has 1 saturated heterocycles. The van der Waals surface area contributed by atoms with Crippen molar-refractivity contribution >= 4 is 64.2 Å². The van der Waals surface area contributed by atoms with E-state index >= 15 is 0 Å². The third-order valence-corrected chi connectivity index (χ3v) is 9.64. The predicted molar refractivity (Wildman–Crippen MR) is 213 cm³/mol. The minimum atomic E-state index is -1.03. The second-order valence-electron chi connectivity index (χ2n) is 13.8. The third-order valence-electron chi connectivity index (χ3n) is 9.64. The average Bonchev–Trinajstić information content (AvgIpc) is 3.77. The molecule has 6 rings (SSSR count). The van der Waals surface area contributed by atoms with Crippen molar-refractivity contribution in [1.29, 1.82) is 0 Å². The number of hydrogen-bond acceptors (Lipinski definition) is 14. The van der Waals surface area contributed by atoms with Crippen LogP contribution in [0.4, 0.5) is 22.9 Å². The van der Waals surface area contributed by atoms with Crippen LogP contribution in [0, 0.1) is 0 Å². The van der Waals surface area contributed by atoms with Gasteiger partial charge < -0.3 is 31.3 Å². The van der Waals surface area contributed by atoms with E-state index in [-0.39, 0.29) is 60.0 Å². The maximum absolute atomic E-state index is 13.3. The molecular weight excluding hydrogens is 765 g/mol. The van der Waals surface area contributed by atoms with Gasteiger partial charge in [0, 0.05) is 45.2 Å². The number of aromatic nitrogens is 5. The molecule has 2 aliphatic rings. The van der Waals surface area contributed by atoms with E-state index in [9.17, 15) is 33.6 Å². The number of methoxy groups -OCH3 is 1. The summed E-state index contributed by atoms with van der Waals surface area (Å²) in [6.45, 7) is 0.231. The maximum Gasteiger partial charge on any atom is 0.273 e. The van der Waals surface area contributed by atoms with Gasteiger partial charge >= 0.3 is 0 Å². The molecule has 308 valence electrons. The Labute approximate surface area is 338 Å². The second-order valence-corrected chi connectivity index (χ2v) is 13.8. The molecule has 7 amide bonds. The SMILES string of the molecule is CNC(=O)c1nnc(NC(=O)CNC(=O)CCCCCCCNc2cccc3c2C(=O)N(C2CCC(=O)NC2=O)C3=O)cc1Nc1cccc(-c2ncn(C)n2)c1OC. The first-order chi connectivity index (χ1) is 28.5. The number of unbranched alkanes of at least 4 members (excludes halogenated alkanes) is 4. The normalized spacial score (nSPS) is 14.7. The highest BCUT2D eigenvalue weighted by Gasteiger charge is 2.45. The van der Waals surface area contributed by atoms with Crippen molar-refractivity contribution in [2.75, 3.05) is 43.2 Å². The van der Waals surface area contributed by atoms with Crippen molar-refractivity contribution in [3.63, 3.8) is 0 Å². The van der Waals surface area contributed by atoms with E-state index in [1.54, 1.807) is 54.5 Å². The number of fused-ring (bicyclic) bond motifs is 1. The van der Waals surface area contributed by atoms with E-state index in [0.717, 1.165) is 30.6 Å². The van der Waals surface area contributed by atoms with Gasteiger partial charge in [0.25, 0.3) is 17.7 Å². The lowest BCUT2D eigenvalue weighted by Gasteiger charge is -2.27. The van der Waals surface area contributed by atoms with Crippen LogP contribution in [-0.2, 0) is 26.2 Å². The van der Waals surface area contributed by atoms with Gasteiger partial charge in [-0.2, -0.15) is 5.10 Å². The van der Waals surface area contributed by atoms with Crippen LogP contribution in [0.15, 0.2) is 48.8 Å². The number of amides is 7. The van der Waals surface area contributed by atoms with Crippen molar-refractivity contribution in [2.24, 2.45) is 7.05 Å². The molecule has 6 N–H and O–H groups in total. The monoisotopic (exact) mass is 808 g/mol. The molecule has 2 aromatic heterocycles. The summed E-state index contributed by atoms with van der Waals surface area (Å²) in [6, 6.07) is 10.6. The number of para-hydroxylation sites is 1. The van der Waals surface area contributed by atoms with E-state index in [1.165, 1.54) is 20.2 Å². The minimum Gasteiger partial charge on any atom is -0.494 e. The summed E-state index contributed by atoms with van der Waals surface area (Å²) in [5.74, 6) is -2.67. The number of carbonyl (C=O) groups excluding carboxylic acids is 7. The number of anilines is 4. The lowest BCUT2D eigenvalue weighted by molar-refractivity contribution is -0.136. The van der Waals surface area contributed by atoms with Crippen LogP contribution in [0.25, 0.3) is 11.4 Å². The van der Waals surface area contributed by atoms with Crippen molar-refractivity contribution in [3.8, 4) is 17.1 Å². The Balaban J connectivity index is 0.919. The van der Waals surface area contributed by atoms with Crippen molar-refractivity contribution in [1.82, 2.24) is 45.8 Å².